The molecule has 0 N–H and O–H groups in total. The monoisotopic (exact) mass is 479 g/mol. The van der Waals surface area contributed by atoms with E-state index in [9.17, 15) is 0 Å². The zero-order valence-corrected chi connectivity index (χ0v) is 19.7. The third-order valence-corrected chi connectivity index (χ3v) is 12.3. The number of rotatable bonds is 4. The summed E-state index contributed by atoms with van der Waals surface area (Å²) in [5.41, 5.74) is 4.98. The summed E-state index contributed by atoms with van der Waals surface area (Å²) < 4.78 is 1.88. The topological polar surface area (TPSA) is 0 Å². The third-order valence-electron chi connectivity index (χ3n) is 5.96. The molecular formula is C20H36Cl2PRu+. The molecule has 4 heteroatoms. The van der Waals surface area contributed by atoms with Gasteiger partial charge in [0.2, 0.25) is 0 Å². The standard InChI is InChI=1S/C15H27P.C5H8.2ClH.Ru/c1-2-8-13(7-1)16(14-9-3-4-10-14)15-11-5-6-12-15;1-4-5(2)3;;;/h13-15H,1-12H2;1,4H,2-3H3;2*1H;/q;;;;+2/p-1. The van der Waals surface area contributed by atoms with Crippen LogP contribution in [0.15, 0.2) is 11.6 Å². The molecule has 0 heterocycles. The Bertz CT molecular complexity index is 355. The second-order valence-electron chi connectivity index (χ2n) is 8.01. The Morgan fingerprint density at radius 3 is 1.29 bits per heavy atom. The molecular weight excluding hydrogens is 443 g/mol. The van der Waals surface area contributed by atoms with Gasteiger partial charge in [-0.05, 0) is 77.0 Å². The molecule has 24 heavy (non-hydrogen) atoms. The molecule has 0 atom stereocenters. The van der Waals surface area contributed by atoms with Crippen LogP contribution in [0.1, 0.15) is 90.9 Å². The van der Waals surface area contributed by atoms with Gasteiger partial charge in [0, 0.05) is 7.92 Å². The molecule has 3 saturated carbocycles. The Hall–Kier alpha value is 1.24. The summed E-state index contributed by atoms with van der Waals surface area (Å²) in [6.45, 7) is 4.03. The second kappa shape index (κ2) is 11.9. The Labute approximate surface area is 164 Å². The summed E-state index contributed by atoms with van der Waals surface area (Å²) in [6.07, 6.45) is 21.1. The molecule has 0 nitrogen and oxygen atoms in total. The number of hydrogen-bond acceptors (Lipinski definition) is 0. The van der Waals surface area contributed by atoms with E-state index in [1.54, 1.807) is 77.0 Å². The van der Waals surface area contributed by atoms with Crippen LogP contribution in [0.5, 0.6) is 0 Å². The normalized spacial score (nSPS) is 23.3. The van der Waals surface area contributed by atoms with Gasteiger partial charge < -0.3 is 0 Å². The molecule has 3 aliphatic rings. The fourth-order valence-corrected chi connectivity index (χ4v) is 11.5. The fraction of sp³-hybridized carbons (Fsp3) is 0.850. The van der Waals surface area contributed by atoms with Gasteiger partial charge in [-0.3, -0.25) is 0 Å². The number of hydrogen-bond donors (Lipinski definition) is 0. The molecule has 3 aliphatic carbocycles. The predicted molar refractivity (Wildman–Crippen MR) is 112 cm³/mol. The Kier molecular flexibility index (Phi) is 10.6. The van der Waals surface area contributed by atoms with Gasteiger partial charge in [-0.25, -0.2) is 0 Å². The van der Waals surface area contributed by atoms with E-state index in [0.717, 1.165) is 0 Å². The van der Waals surface area contributed by atoms with Crippen LogP contribution in [0, 0.1) is 0 Å². The first-order valence-electron chi connectivity index (χ1n) is 9.91. The maximum atomic E-state index is 5.53. The van der Waals surface area contributed by atoms with Crippen molar-refractivity contribution in [2.24, 2.45) is 0 Å². The average molecular weight is 479 g/mol. The minimum absolute atomic E-state index is 0.0224. The molecule has 3 rings (SSSR count). The summed E-state index contributed by atoms with van der Waals surface area (Å²) in [6, 6.07) is 0. The van der Waals surface area contributed by atoms with E-state index in [1.165, 1.54) is 22.6 Å². The van der Waals surface area contributed by atoms with Crippen LogP contribution in [0.25, 0.3) is 0 Å². The molecule has 0 aromatic carbocycles. The molecule has 0 aromatic heterocycles. The van der Waals surface area contributed by atoms with Crippen molar-refractivity contribution in [1.29, 1.82) is 0 Å². The Morgan fingerprint density at radius 2 is 1.08 bits per heavy atom. The van der Waals surface area contributed by atoms with Crippen molar-refractivity contribution in [3.8, 4) is 0 Å². The van der Waals surface area contributed by atoms with Gasteiger partial charge in [0.25, 0.3) is 0 Å². The first-order chi connectivity index (χ1) is 11.6. The van der Waals surface area contributed by atoms with Crippen LogP contribution in [0.4, 0.5) is 0 Å². The summed E-state index contributed by atoms with van der Waals surface area (Å²) in [7, 11) is 11.1. The zero-order chi connectivity index (χ0) is 17.4. The van der Waals surface area contributed by atoms with Crippen LogP contribution < -0.4 is 0 Å². The van der Waals surface area contributed by atoms with E-state index in [-0.39, 0.29) is 7.92 Å². The van der Waals surface area contributed by atoms with Gasteiger partial charge in [-0.1, -0.05) is 0 Å². The summed E-state index contributed by atoms with van der Waals surface area (Å²) in [5.74, 6) is 0. The summed E-state index contributed by atoms with van der Waals surface area (Å²) in [4.78, 5) is 0. The van der Waals surface area contributed by atoms with Crippen LogP contribution in [-0.4, -0.2) is 21.6 Å². The van der Waals surface area contributed by atoms with E-state index >= 15 is 0 Å². The van der Waals surface area contributed by atoms with Gasteiger partial charge in [0.15, 0.2) is 0 Å². The fourth-order valence-electron chi connectivity index (χ4n) is 4.94. The van der Waals surface area contributed by atoms with Gasteiger partial charge >= 0.3 is 63.0 Å². The van der Waals surface area contributed by atoms with Crippen LogP contribution in [0.3, 0.4) is 0 Å². The van der Waals surface area contributed by atoms with Gasteiger partial charge in [-0.2, -0.15) is 0 Å². The molecule has 0 unspecified atom stereocenters. The van der Waals surface area contributed by atoms with Crippen molar-refractivity contribution in [3.63, 3.8) is 0 Å². The van der Waals surface area contributed by atoms with E-state index in [0.29, 0.717) is 0 Å². The molecule has 3 fully saturated rings. The van der Waals surface area contributed by atoms with Gasteiger partial charge in [0.1, 0.15) is 0 Å². The van der Waals surface area contributed by atoms with Crippen LogP contribution in [0.2, 0.25) is 0 Å². The molecule has 142 valence electrons. The number of allylic oxidation sites excluding steroid dienone is 2. The quantitative estimate of drug-likeness (QED) is 0.286. The summed E-state index contributed by atoms with van der Waals surface area (Å²) in [5, 5.41) is 0. The predicted octanol–water partition coefficient (Wildman–Crippen LogP) is 7.71. The van der Waals surface area contributed by atoms with Crippen molar-refractivity contribution < 1.29 is 13.5 Å². The molecule has 0 aromatic rings. The van der Waals surface area contributed by atoms with E-state index in [1.807, 2.05) is 24.5 Å². The minimum atomic E-state index is -1.52. The van der Waals surface area contributed by atoms with Gasteiger partial charge in [0.05, 0.1) is 17.0 Å². The van der Waals surface area contributed by atoms with Crippen molar-refractivity contribution in [2.75, 3.05) is 0 Å². The summed E-state index contributed by atoms with van der Waals surface area (Å²) >= 11 is -1.52. The van der Waals surface area contributed by atoms with Crippen LogP contribution >= 0.6 is 27.3 Å². The first kappa shape index (κ1) is 21.5. The SMILES string of the molecule is C1CCC([PH+](C2CCCC2)C2CCCC2)C1.CC(C)=C[CH]=[Ru]([Cl])[Cl]. The van der Waals surface area contributed by atoms with Crippen molar-refractivity contribution in [1.82, 2.24) is 0 Å². The average Bonchev–Trinajstić information content (AvgIpc) is 3.30. The second-order valence-corrected chi connectivity index (χ2v) is 17.3. The zero-order valence-electron chi connectivity index (χ0n) is 15.5. The molecule has 0 bridgehead atoms. The molecule has 0 saturated heterocycles. The molecule has 0 amide bonds. The first-order valence-corrected chi connectivity index (χ1v) is 17.1. The van der Waals surface area contributed by atoms with E-state index in [2.05, 4.69) is 0 Å². The molecule has 0 aliphatic heterocycles. The third kappa shape index (κ3) is 7.47. The van der Waals surface area contributed by atoms with E-state index in [4.69, 9.17) is 19.4 Å². The van der Waals surface area contributed by atoms with Crippen molar-refractivity contribution in [3.05, 3.63) is 11.6 Å². The number of halogens is 2. The molecule has 0 spiro atoms. The van der Waals surface area contributed by atoms with Crippen molar-refractivity contribution >= 4 is 31.9 Å². The Balaban J connectivity index is 0.000000224. The van der Waals surface area contributed by atoms with Gasteiger partial charge in [-0.15, -0.1) is 0 Å². The molecule has 0 radical (unpaired) electrons. The van der Waals surface area contributed by atoms with E-state index < -0.39 is 13.5 Å². The Morgan fingerprint density at radius 1 is 0.750 bits per heavy atom. The maximum absolute atomic E-state index is 5.53. The van der Waals surface area contributed by atoms with Crippen molar-refractivity contribution in [2.45, 2.75) is 108 Å². The van der Waals surface area contributed by atoms with Crippen LogP contribution in [-0.2, 0) is 13.5 Å².